The summed E-state index contributed by atoms with van der Waals surface area (Å²) in [6.45, 7) is 2.00. The molecule has 2 heterocycles. The zero-order valence-electron chi connectivity index (χ0n) is 6.65. The van der Waals surface area contributed by atoms with Crippen LogP contribution in [-0.4, -0.2) is 21.4 Å². The van der Waals surface area contributed by atoms with Crippen molar-refractivity contribution in [1.29, 1.82) is 5.26 Å². The molecule has 2 aliphatic rings. The Morgan fingerprint density at radius 2 is 2.58 bits per heavy atom. The number of amides is 1. The van der Waals surface area contributed by atoms with Gasteiger partial charge in [-0.1, -0.05) is 0 Å². The minimum atomic E-state index is 0.132. The second-order valence-corrected chi connectivity index (χ2v) is 4.46. The van der Waals surface area contributed by atoms with Gasteiger partial charge in [0.05, 0.1) is 23.4 Å². The van der Waals surface area contributed by atoms with Gasteiger partial charge < -0.3 is 4.90 Å². The maximum atomic E-state index is 11.0. The van der Waals surface area contributed by atoms with Crippen LogP contribution in [0, 0.1) is 11.3 Å². The Balaban J connectivity index is 2.26. The highest BCUT2D eigenvalue weighted by Gasteiger charge is 2.40. The highest BCUT2D eigenvalue weighted by molar-refractivity contribution is 8.00. The molecule has 2 atom stereocenters. The summed E-state index contributed by atoms with van der Waals surface area (Å²) in [5.74, 6) is 0.132. The quantitative estimate of drug-likeness (QED) is 0.524. The van der Waals surface area contributed by atoms with Crippen LogP contribution in [0.15, 0.2) is 11.8 Å². The molecule has 2 rings (SSSR count). The van der Waals surface area contributed by atoms with E-state index in [1.165, 1.54) is 0 Å². The van der Waals surface area contributed by atoms with Gasteiger partial charge in [0, 0.05) is 11.4 Å². The van der Waals surface area contributed by atoms with E-state index in [0.717, 1.165) is 0 Å². The molecule has 1 fully saturated rings. The first-order valence-corrected chi connectivity index (χ1v) is 4.75. The summed E-state index contributed by atoms with van der Waals surface area (Å²) in [7, 11) is 0. The Morgan fingerprint density at radius 3 is 3.17 bits per heavy atom. The van der Waals surface area contributed by atoms with E-state index < -0.39 is 0 Å². The third-order valence-electron chi connectivity index (χ3n) is 2.15. The topological polar surface area (TPSA) is 44.1 Å². The summed E-state index contributed by atoms with van der Waals surface area (Å²) >= 11 is 1.69. The summed E-state index contributed by atoms with van der Waals surface area (Å²) in [5, 5.41) is 9.24. The molecule has 0 N–H and O–H groups in total. The van der Waals surface area contributed by atoms with Crippen molar-refractivity contribution in [2.75, 3.05) is 0 Å². The lowest BCUT2D eigenvalue weighted by atomic mass is 10.1. The zero-order chi connectivity index (χ0) is 8.72. The molecule has 4 heteroatoms. The largest absolute Gasteiger partial charge is 0.305 e. The molecule has 12 heavy (non-hydrogen) atoms. The second-order valence-electron chi connectivity index (χ2n) is 2.93. The van der Waals surface area contributed by atoms with E-state index in [2.05, 4.69) is 6.07 Å². The van der Waals surface area contributed by atoms with Crippen molar-refractivity contribution in [2.24, 2.45) is 0 Å². The summed E-state index contributed by atoms with van der Waals surface area (Å²) in [5.41, 5.74) is 0.698. The molecule has 0 aromatic rings. The molecule has 1 amide bonds. The predicted octanol–water partition coefficient (Wildman–Crippen LogP) is 1.09. The first kappa shape index (κ1) is 7.69. The fourth-order valence-electron chi connectivity index (χ4n) is 1.35. The predicted molar refractivity (Wildman–Crippen MR) is 46.0 cm³/mol. The van der Waals surface area contributed by atoms with E-state index in [0.29, 0.717) is 17.4 Å². The number of hydrogen-bond acceptors (Lipinski definition) is 3. The minimum absolute atomic E-state index is 0.132. The van der Waals surface area contributed by atoms with Crippen LogP contribution >= 0.6 is 11.8 Å². The van der Waals surface area contributed by atoms with Crippen molar-refractivity contribution in [3.63, 3.8) is 0 Å². The van der Waals surface area contributed by atoms with Gasteiger partial charge in [-0.25, -0.2) is 0 Å². The molecule has 62 valence electrons. The van der Waals surface area contributed by atoms with Gasteiger partial charge in [0.15, 0.2) is 0 Å². The van der Waals surface area contributed by atoms with Gasteiger partial charge in [0.25, 0.3) is 0 Å². The monoisotopic (exact) mass is 180 g/mol. The molecule has 0 bridgehead atoms. The first-order valence-electron chi connectivity index (χ1n) is 3.81. The zero-order valence-corrected chi connectivity index (χ0v) is 7.47. The maximum Gasteiger partial charge on any atom is 0.230 e. The number of β-lactam (4-membered cyclic amide) rings is 1. The van der Waals surface area contributed by atoms with Crippen molar-refractivity contribution in [1.82, 2.24) is 4.90 Å². The second kappa shape index (κ2) is 2.53. The number of rotatable bonds is 0. The molecule has 3 nitrogen and oxygen atoms in total. The van der Waals surface area contributed by atoms with Gasteiger partial charge in [-0.2, -0.15) is 5.26 Å². The van der Waals surface area contributed by atoms with E-state index in [9.17, 15) is 4.79 Å². The Kier molecular flexibility index (Phi) is 1.62. The van der Waals surface area contributed by atoms with E-state index in [4.69, 9.17) is 5.26 Å². The number of nitriles is 1. The lowest BCUT2D eigenvalue weighted by molar-refractivity contribution is -0.137. The van der Waals surface area contributed by atoms with Crippen LogP contribution in [0.2, 0.25) is 0 Å². The number of nitrogens with zero attached hydrogens (tertiary/aromatic N) is 2. The van der Waals surface area contributed by atoms with Gasteiger partial charge in [-0.3, -0.25) is 4.79 Å². The van der Waals surface area contributed by atoms with E-state index in [1.54, 1.807) is 22.9 Å². The highest BCUT2D eigenvalue weighted by Crippen LogP contribution is 2.39. The Morgan fingerprint density at radius 1 is 1.83 bits per heavy atom. The molecule has 0 saturated carbocycles. The van der Waals surface area contributed by atoms with Crippen molar-refractivity contribution < 1.29 is 4.79 Å². The minimum Gasteiger partial charge on any atom is -0.305 e. The molecule has 0 aliphatic carbocycles. The first-order chi connectivity index (χ1) is 5.72. The van der Waals surface area contributed by atoms with Crippen molar-refractivity contribution in [3.8, 4) is 6.07 Å². The standard InChI is InChI=1S/C8H8N2OS/c1-5-6(3-9)4-10-7(11)2-8(10)12-5/h4-5,8H,2H2,1H3/t5?,8-/m1/s1. The average Bonchev–Trinajstić information content (AvgIpc) is 2.04. The van der Waals surface area contributed by atoms with Crippen molar-refractivity contribution >= 4 is 17.7 Å². The summed E-state index contributed by atoms with van der Waals surface area (Å²) in [4.78, 5) is 12.6. The van der Waals surface area contributed by atoms with Gasteiger partial charge >= 0.3 is 0 Å². The lowest BCUT2D eigenvalue weighted by Crippen LogP contribution is -2.50. The summed E-state index contributed by atoms with van der Waals surface area (Å²) in [6, 6.07) is 2.11. The van der Waals surface area contributed by atoms with Crippen molar-refractivity contribution in [3.05, 3.63) is 11.8 Å². The molecule has 2 aliphatic heterocycles. The number of hydrogen-bond donors (Lipinski definition) is 0. The fraction of sp³-hybridized carbons (Fsp3) is 0.500. The smallest absolute Gasteiger partial charge is 0.230 e. The Bertz CT molecular complexity index is 305. The molecular weight excluding hydrogens is 172 g/mol. The number of thioether (sulfide) groups is 1. The van der Waals surface area contributed by atoms with Crippen LogP contribution in [-0.2, 0) is 4.79 Å². The fourth-order valence-corrected chi connectivity index (χ4v) is 2.63. The molecule has 1 saturated heterocycles. The van der Waals surface area contributed by atoms with Crippen LogP contribution in [0.1, 0.15) is 13.3 Å². The number of fused-ring (bicyclic) bond motifs is 1. The van der Waals surface area contributed by atoms with Gasteiger partial charge in [-0.15, -0.1) is 11.8 Å². The van der Waals surface area contributed by atoms with Crippen LogP contribution in [0.5, 0.6) is 0 Å². The Hall–Kier alpha value is -0.950. The summed E-state index contributed by atoms with van der Waals surface area (Å²) in [6.07, 6.45) is 2.32. The molecule has 0 radical (unpaired) electrons. The lowest BCUT2D eigenvalue weighted by Gasteiger charge is -2.42. The normalized spacial score (nSPS) is 33.2. The average molecular weight is 180 g/mol. The van der Waals surface area contributed by atoms with Crippen LogP contribution in [0.25, 0.3) is 0 Å². The van der Waals surface area contributed by atoms with Crippen LogP contribution in [0.4, 0.5) is 0 Å². The SMILES string of the molecule is CC1S[C@@H]2CC(=O)N2C=C1C#N. The third kappa shape index (κ3) is 0.935. The van der Waals surface area contributed by atoms with Crippen LogP contribution in [0.3, 0.4) is 0 Å². The molecular formula is C8H8N2OS. The Labute approximate surface area is 75.0 Å². The van der Waals surface area contributed by atoms with Gasteiger partial charge in [-0.05, 0) is 6.92 Å². The van der Waals surface area contributed by atoms with Crippen molar-refractivity contribution in [2.45, 2.75) is 24.0 Å². The molecule has 0 aromatic heterocycles. The van der Waals surface area contributed by atoms with E-state index in [1.807, 2.05) is 6.92 Å². The molecule has 0 aromatic carbocycles. The highest BCUT2D eigenvalue weighted by atomic mass is 32.2. The van der Waals surface area contributed by atoms with Gasteiger partial charge in [0.1, 0.15) is 0 Å². The van der Waals surface area contributed by atoms with E-state index >= 15 is 0 Å². The van der Waals surface area contributed by atoms with E-state index in [-0.39, 0.29) is 11.2 Å². The number of carbonyl (C=O) groups is 1. The number of carbonyl (C=O) groups excluding carboxylic acids is 1. The maximum absolute atomic E-state index is 11.0. The van der Waals surface area contributed by atoms with Gasteiger partial charge in [0.2, 0.25) is 5.91 Å². The third-order valence-corrected chi connectivity index (χ3v) is 3.52. The van der Waals surface area contributed by atoms with Crippen LogP contribution < -0.4 is 0 Å². The summed E-state index contributed by atoms with van der Waals surface area (Å²) < 4.78 is 0. The molecule has 0 spiro atoms. The molecule has 1 unspecified atom stereocenters.